The molecule has 0 amide bonds. The minimum absolute atomic E-state index is 0.138. The first-order valence-corrected chi connectivity index (χ1v) is 4.82. The molecule has 0 atom stereocenters. The first-order chi connectivity index (χ1) is 7.24. The highest BCUT2D eigenvalue weighted by Crippen LogP contribution is 2.23. The number of rotatable bonds is 3. The third kappa shape index (κ3) is 1.72. The highest BCUT2D eigenvalue weighted by molar-refractivity contribution is 5.80. The highest BCUT2D eigenvalue weighted by Gasteiger charge is 2.13. The molecule has 0 bridgehead atoms. The molecule has 0 radical (unpaired) electrons. The van der Waals surface area contributed by atoms with Crippen molar-refractivity contribution in [3.8, 4) is 0 Å². The summed E-state index contributed by atoms with van der Waals surface area (Å²) in [4.78, 5) is 2.77. The Bertz CT molecular complexity index is 477. The van der Waals surface area contributed by atoms with Gasteiger partial charge in [0.1, 0.15) is 5.82 Å². The fraction of sp³-hybridized carbons (Fsp3) is 0.273. The lowest BCUT2D eigenvalue weighted by Crippen LogP contribution is -2.12. The number of halogens is 2. The van der Waals surface area contributed by atoms with Gasteiger partial charge in [0.2, 0.25) is 0 Å². The molecule has 0 aliphatic rings. The lowest BCUT2D eigenvalue weighted by atomic mass is 10.1. The van der Waals surface area contributed by atoms with E-state index in [1.165, 1.54) is 6.07 Å². The van der Waals surface area contributed by atoms with Gasteiger partial charge in [0.05, 0.1) is 5.52 Å². The molecule has 0 saturated heterocycles. The van der Waals surface area contributed by atoms with Crippen molar-refractivity contribution in [3.05, 3.63) is 35.5 Å². The second-order valence-electron chi connectivity index (χ2n) is 3.45. The van der Waals surface area contributed by atoms with Crippen molar-refractivity contribution < 1.29 is 8.78 Å². The molecule has 15 heavy (non-hydrogen) atoms. The van der Waals surface area contributed by atoms with Gasteiger partial charge in [-0.1, -0.05) is 0 Å². The van der Waals surface area contributed by atoms with Crippen LogP contribution in [0.4, 0.5) is 8.78 Å². The van der Waals surface area contributed by atoms with Gasteiger partial charge < -0.3 is 10.3 Å². The Labute approximate surface area is 86.3 Å². The normalized spacial score (nSPS) is 11.1. The Morgan fingerprint density at radius 2 is 2.20 bits per heavy atom. The molecular formula is C11H12F2N2. The molecule has 0 unspecified atom stereocenters. The van der Waals surface area contributed by atoms with Crippen LogP contribution in [0.25, 0.3) is 10.9 Å². The van der Waals surface area contributed by atoms with E-state index in [0.717, 1.165) is 0 Å². The van der Waals surface area contributed by atoms with Crippen LogP contribution < -0.4 is 5.32 Å². The van der Waals surface area contributed by atoms with Crippen molar-refractivity contribution in [1.82, 2.24) is 10.3 Å². The molecular weight excluding hydrogens is 198 g/mol. The maximum atomic E-state index is 13.8. The molecule has 0 aliphatic carbocycles. The molecule has 0 aliphatic heterocycles. The fourth-order valence-corrected chi connectivity index (χ4v) is 1.65. The Hall–Kier alpha value is -1.42. The number of aromatic nitrogens is 1. The number of likely N-dealkylation sites (N-methyl/N-ethyl adjacent to an activating group) is 1. The lowest BCUT2D eigenvalue weighted by Gasteiger charge is -2.05. The van der Waals surface area contributed by atoms with Crippen molar-refractivity contribution >= 4 is 10.9 Å². The minimum atomic E-state index is -0.481. The average Bonchev–Trinajstić information content (AvgIpc) is 2.65. The number of hydrogen-bond acceptors (Lipinski definition) is 1. The summed E-state index contributed by atoms with van der Waals surface area (Å²) in [5.41, 5.74) is 0.516. The number of hydrogen-bond donors (Lipinski definition) is 2. The third-order valence-electron chi connectivity index (χ3n) is 2.46. The summed E-state index contributed by atoms with van der Waals surface area (Å²) in [6.07, 6.45) is 1.96. The lowest BCUT2D eigenvalue weighted by molar-refractivity contribution is 0.558. The molecule has 0 spiro atoms. The van der Waals surface area contributed by atoms with Crippen molar-refractivity contribution in [3.63, 3.8) is 0 Å². The Morgan fingerprint density at radius 1 is 1.40 bits per heavy atom. The number of nitrogens with one attached hydrogen (secondary N) is 2. The molecule has 4 heteroatoms. The Balaban J connectivity index is 2.52. The monoisotopic (exact) mass is 210 g/mol. The molecule has 0 saturated carbocycles. The van der Waals surface area contributed by atoms with Gasteiger partial charge >= 0.3 is 0 Å². The van der Waals surface area contributed by atoms with Crippen LogP contribution in [0, 0.1) is 11.6 Å². The average molecular weight is 210 g/mol. The zero-order valence-electron chi connectivity index (χ0n) is 8.40. The van der Waals surface area contributed by atoms with Crippen LogP contribution in [0.5, 0.6) is 0 Å². The van der Waals surface area contributed by atoms with Crippen molar-refractivity contribution in [2.75, 3.05) is 13.6 Å². The molecule has 0 fully saturated rings. The van der Waals surface area contributed by atoms with Crippen LogP contribution in [0.1, 0.15) is 5.56 Å². The fourth-order valence-electron chi connectivity index (χ4n) is 1.65. The first kappa shape index (κ1) is 10.1. The van der Waals surface area contributed by atoms with Gasteiger partial charge in [-0.15, -0.1) is 0 Å². The van der Waals surface area contributed by atoms with Gasteiger partial charge in [0.15, 0.2) is 5.82 Å². The van der Waals surface area contributed by atoms with Crippen LogP contribution in [0.15, 0.2) is 18.3 Å². The molecule has 1 heterocycles. The summed E-state index contributed by atoms with van der Waals surface area (Å²) in [5, 5.41) is 3.44. The zero-order valence-corrected chi connectivity index (χ0v) is 8.40. The predicted octanol–water partition coefficient (Wildman–Crippen LogP) is 2.21. The first-order valence-electron chi connectivity index (χ1n) is 4.82. The molecule has 1 aromatic carbocycles. The summed E-state index contributed by atoms with van der Waals surface area (Å²) in [6.45, 7) is 0.556. The van der Waals surface area contributed by atoms with E-state index < -0.39 is 11.6 Å². The van der Waals surface area contributed by atoms with Crippen molar-refractivity contribution in [1.29, 1.82) is 0 Å². The number of benzene rings is 1. The van der Waals surface area contributed by atoms with Crippen molar-refractivity contribution in [2.24, 2.45) is 0 Å². The topological polar surface area (TPSA) is 27.8 Å². The largest absolute Gasteiger partial charge is 0.359 e. The minimum Gasteiger partial charge on any atom is -0.359 e. The smallest absolute Gasteiger partial charge is 0.153 e. The predicted molar refractivity (Wildman–Crippen MR) is 55.8 cm³/mol. The van der Waals surface area contributed by atoms with Gasteiger partial charge in [-0.3, -0.25) is 0 Å². The van der Waals surface area contributed by atoms with Gasteiger partial charge in [0.25, 0.3) is 0 Å². The molecule has 1 aromatic heterocycles. The van der Waals surface area contributed by atoms with E-state index in [-0.39, 0.29) is 5.56 Å². The number of H-pyrrole nitrogens is 1. The Kier molecular flexibility index (Phi) is 2.68. The molecule has 2 aromatic rings. The standard InChI is InChI=1S/C11H12F2N2/c1-14-4-3-8-9(12)6-7-2-5-15-11(7)10(8)13/h2,5-6,14-15H,3-4H2,1H3. The van der Waals surface area contributed by atoms with E-state index in [0.29, 0.717) is 23.9 Å². The highest BCUT2D eigenvalue weighted by atomic mass is 19.1. The number of aromatic amines is 1. The van der Waals surface area contributed by atoms with E-state index in [1.54, 1.807) is 19.3 Å². The van der Waals surface area contributed by atoms with E-state index in [4.69, 9.17) is 0 Å². The van der Waals surface area contributed by atoms with E-state index in [1.807, 2.05) is 0 Å². The second kappa shape index (κ2) is 3.98. The molecule has 2 N–H and O–H groups in total. The van der Waals surface area contributed by atoms with Gasteiger partial charge in [-0.2, -0.15) is 0 Å². The third-order valence-corrected chi connectivity index (χ3v) is 2.46. The van der Waals surface area contributed by atoms with Crippen LogP contribution >= 0.6 is 0 Å². The van der Waals surface area contributed by atoms with Gasteiger partial charge in [-0.05, 0) is 32.1 Å². The van der Waals surface area contributed by atoms with Crippen LogP contribution in [-0.4, -0.2) is 18.6 Å². The molecule has 2 nitrogen and oxygen atoms in total. The maximum absolute atomic E-state index is 13.8. The molecule has 2 rings (SSSR count). The summed E-state index contributed by atoms with van der Waals surface area (Å²) in [7, 11) is 1.75. The van der Waals surface area contributed by atoms with E-state index >= 15 is 0 Å². The van der Waals surface area contributed by atoms with Crippen LogP contribution in [-0.2, 0) is 6.42 Å². The van der Waals surface area contributed by atoms with Crippen molar-refractivity contribution in [2.45, 2.75) is 6.42 Å². The second-order valence-corrected chi connectivity index (χ2v) is 3.45. The maximum Gasteiger partial charge on any atom is 0.153 e. The summed E-state index contributed by atoms with van der Waals surface area (Å²) < 4.78 is 27.3. The SMILES string of the molecule is CNCCc1c(F)cc2cc[nH]c2c1F. The Morgan fingerprint density at radius 3 is 2.93 bits per heavy atom. The summed E-state index contributed by atoms with van der Waals surface area (Å²) >= 11 is 0. The van der Waals surface area contributed by atoms with Gasteiger partial charge in [0, 0.05) is 17.1 Å². The van der Waals surface area contributed by atoms with Crippen LogP contribution in [0.2, 0.25) is 0 Å². The van der Waals surface area contributed by atoms with Crippen LogP contribution in [0.3, 0.4) is 0 Å². The number of fused-ring (bicyclic) bond motifs is 1. The van der Waals surface area contributed by atoms with Gasteiger partial charge in [-0.25, -0.2) is 8.78 Å². The van der Waals surface area contributed by atoms with E-state index in [2.05, 4.69) is 10.3 Å². The quantitative estimate of drug-likeness (QED) is 0.798. The summed E-state index contributed by atoms with van der Waals surface area (Å²) in [5.74, 6) is -0.958. The summed E-state index contributed by atoms with van der Waals surface area (Å²) in [6, 6.07) is 3.02. The zero-order chi connectivity index (χ0) is 10.8. The van der Waals surface area contributed by atoms with E-state index in [9.17, 15) is 8.78 Å². The molecule has 80 valence electrons.